The van der Waals surface area contributed by atoms with Crippen molar-refractivity contribution in [1.82, 2.24) is 19.6 Å². The van der Waals surface area contributed by atoms with E-state index >= 15 is 0 Å². The minimum atomic E-state index is -0.417. The van der Waals surface area contributed by atoms with E-state index in [1.165, 1.54) is 0 Å². The highest BCUT2D eigenvalue weighted by molar-refractivity contribution is 5.94. The van der Waals surface area contributed by atoms with Crippen LogP contribution >= 0.6 is 0 Å². The SMILES string of the molecule is CN(C)CC1CC2(CCN(C(=O)c3cccc(Cn4cccn4)c3)CC2)C(=O)O1. The van der Waals surface area contributed by atoms with Gasteiger partial charge in [-0.15, -0.1) is 0 Å². The fourth-order valence-corrected chi connectivity index (χ4v) is 4.46. The number of likely N-dealkylation sites (tertiary alicyclic amines) is 1. The number of amides is 1. The van der Waals surface area contributed by atoms with E-state index in [-0.39, 0.29) is 18.0 Å². The molecule has 1 unspecified atom stereocenters. The molecule has 2 aromatic rings. The Morgan fingerprint density at radius 3 is 2.76 bits per heavy atom. The number of carbonyl (C=O) groups excluding carboxylic acids is 2. The van der Waals surface area contributed by atoms with Crippen LogP contribution in [0, 0.1) is 5.41 Å². The Bertz CT molecular complexity index is 870. The fourth-order valence-electron chi connectivity index (χ4n) is 4.46. The van der Waals surface area contributed by atoms with Gasteiger partial charge in [0.25, 0.3) is 5.91 Å². The zero-order valence-corrected chi connectivity index (χ0v) is 17.1. The van der Waals surface area contributed by atoms with Gasteiger partial charge in [0.2, 0.25) is 0 Å². The number of piperidine rings is 1. The van der Waals surface area contributed by atoms with E-state index in [1.54, 1.807) is 6.20 Å². The molecule has 1 atom stereocenters. The molecule has 2 saturated heterocycles. The van der Waals surface area contributed by atoms with Crippen LogP contribution in [0.1, 0.15) is 35.2 Å². The molecule has 3 heterocycles. The van der Waals surface area contributed by atoms with Gasteiger partial charge in [-0.3, -0.25) is 14.3 Å². The van der Waals surface area contributed by atoms with Gasteiger partial charge >= 0.3 is 5.97 Å². The molecule has 4 rings (SSSR count). The molecule has 0 radical (unpaired) electrons. The summed E-state index contributed by atoms with van der Waals surface area (Å²) in [7, 11) is 3.97. The number of aromatic nitrogens is 2. The molecule has 2 fully saturated rings. The summed E-state index contributed by atoms with van der Waals surface area (Å²) in [6.07, 6.45) is 5.71. The second kappa shape index (κ2) is 7.99. The summed E-state index contributed by atoms with van der Waals surface area (Å²) in [5.74, 6) is -0.0592. The molecule has 7 nitrogen and oxygen atoms in total. The Kier molecular flexibility index (Phi) is 5.41. The van der Waals surface area contributed by atoms with Crippen molar-refractivity contribution >= 4 is 11.9 Å². The van der Waals surface area contributed by atoms with Crippen molar-refractivity contribution in [2.75, 3.05) is 33.7 Å². The van der Waals surface area contributed by atoms with Crippen LogP contribution in [0.4, 0.5) is 0 Å². The van der Waals surface area contributed by atoms with E-state index in [2.05, 4.69) is 5.10 Å². The van der Waals surface area contributed by atoms with Crippen LogP contribution in [0.25, 0.3) is 0 Å². The standard InChI is InChI=1S/C22H28N4O3/c1-24(2)16-19-14-22(21(28)29-19)7-11-25(12-8-22)20(27)18-6-3-5-17(13-18)15-26-10-4-9-23-26/h3-6,9-10,13,19H,7-8,11-12,14-16H2,1-2H3. The van der Waals surface area contributed by atoms with Crippen LogP contribution < -0.4 is 0 Å². The molecule has 1 aromatic carbocycles. The van der Waals surface area contributed by atoms with Crippen molar-refractivity contribution in [3.63, 3.8) is 0 Å². The van der Waals surface area contributed by atoms with Gasteiger partial charge in [-0.2, -0.15) is 5.10 Å². The summed E-state index contributed by atoms with van der Waals surface area (Å²) in [5, 5.41) is 4.22. The summed E-state index contributed by atoms with van der Waals surface area (Å²) in [4.78, 5) is 29.5. The maximum absolute atomic E-state index is 13.0. The summed E-state index contributed by atoms with van der Waals surface area (Å²) in [5.41, 5.74) is 1.31. The summed E-state index contributed by atoms with van der Waals surface area (Å²) >= 11 is 0. The normalized spacial score (nSPS) is 21.0. The van der Waals surface area contributed by atoms with Crippen LogP contribution in [-0.2, 0) is 16.1 Å². The second-order valence-corrected chi connectivity index (χ2v) is 8.47. The van der Waals surface area contributed by atoms with Crippen LogP contribution in [0.5, 0.6) is 0 Å². The lowest BCUT2D eigenvalue weighted by molar-refractivity contribution is -0.150. The Labute approximate surface area is 171 Å². The summed E-state index contributed by atoms with van der Waals surface area (Å²) in [6.45, 7) is 2.56. The third-order valence-electron chi connectivity index (χ3n) is 5.98. The molecule has 0 saturated carbocycles. The maximum Gasteiger partial charge on any atom is 0.312 e. The summed E-state index contributed by atoms with van der Waals surface area (Å²) < 4.78 is 7.46. The lowest BCUT2D eigenvalue weighted by Gasteiger charge is -2.36. The molecule has 0 aliphatic carbocycles. The number of cyclic esters (lactones) is 1. The highest BCUT2D eigenvalue weighted by Crippen LogP contribution is 2.43. The lowest BCUT2D eigenvalue weighted by atomic mass is 9.76. The van der Waals surface area contributed by atoms with Gasteiger partial charge in [0.05, 0.1) is 12.0 Å². The molecule has 1 aromatic heterocycles. The minimum Gasteiger partial charge on any atom is -0.461 e. The van der Waals surface area contributed by atoms with Gasteiger partial charge in [0, 0.05) is 44.0 Å². The minimum absolute atomic E-state index is 0.0263. The van der Waals surface area contributed by atoms with Crippen LogP contribution in [0.2, 0.25) is 0 Å². The van der Waals surface area contributed by atoms with Gasteiger partial charge in [-0.25, -0.2) is 0 Å². The average Bonchev–Trinajstić information content (AvgIpc) is 3.30. The van der Waals surface area contributed by atoms with E-state index in [0.717, 1.165) is 18.5 Å². The molecule has 1 spiro atoms. The van der Waals surface area contributed by atoms with E-state index < -0.39 is 5.41 Å². The largest absolute Gasteiger partial charge is 0.461 e. The Balaban J connectivity index is 1.39. The Morgan fingerprint density at radius 1 is 1.28 bits per heavy atom. The van der Waals surface area contributed by atoms with Crippen LogP contribution in [0.15, 0.2) is 42.7 Å². The van der Waals surface area contributed by atoms with Crippen LogP contribution in [-0.4, -0.2) is 71.3 Å². The number of benzene rings is 1. The molecular formula is C22H28N4O3. The second-order valence-electron chi connectivity index (χ2n) is 8.47. The van der Waals surface area contributed by atoms with Gasteiger partial charge in [0.1, 0.15) is 6.10 Å². The smallest absolute Gasteiger partial charge is 0.312 e. The number of esters is 1. The number of hydrogen-bond donors (Lipinski definition) is 0. The van der Waals surface area contributed by atoms with E-state index in [9.17, 15) is 9.59 Å². The van der Waals surface area contributed by atoms with Crippen molar-refractivity contribution in [3.05, 3.63) is 53.9 Å². The molecule has 154 valence electrons. The Hall–Kier alpha value is -2.67. The first-order chi connectivity index (χ1) is 13.9. The molecule has 2 aliphatic rings. The average molecular weight is 396 g/mol. The summed E-state index contributed by atoms with van der Waals surface area (Å²) in [6, 6.07) is 9.60. The van der Waals surface area contributed by atoms with Gasteiger partial charge < -0.3 is 14.5 Å². The molecule has 29 heavy (non-hydrogen) atoms. The zero-order chi connectivity index (χ0) is 20.4. The third-order valence-corrected chi connectivity index (χ3v) is 5.98. The van der Waals surface area contributed by atoms with Crippen molar-refractivity contribution in [1.29, 1.82) is 0 Å². The fraction of sp³-hybridized carbons (Fsp3) is 0.500. The highest BCUT2D eigenvalue weighted by Gasteiger charge is 2.50. The Morgan fingerprint density at radius 2 is 2.07 bits per heavy atom. The lowest BCUT2D eigenvalue weighted by Crippen LogP contribution is -2.45. The van der Waals surface area contributed by atoms with E-state index in [4.69, 9.17) is 4.74 Å². The van der Waals surface area contributed by atoms with Gasteiger partial charge in [-0.05, 0) is 50.7 Å². The number of rotatable bonds is 5. The molecule has 0 N–H and O–H groups in total. The molecule has 2 aliphatic heterocycles. The quantitative estimate of drug-likeness (QED) is 0.724. The number of nitrogens with zero attached hydrogens (tertiary/aromatic N) is 4. The molecular weight excluding hydrogens is 368 g/mol. The van der Waals surface area contributed by atoms with Crippen molar-refractivity contribution in [2.45, 2.75) is 31.9 Å². The number of likely N-dealkylation sites (N-methyl/N-ethyl adjacent to an activating group) is 1. The van der Waals surface area contributed by atoms with Crippen molar-refractivity contribution < 1.29 is 14.3 Å². The monoisotopic (exact) mass is 396 g/mol. The van der Waals surface area contributed by atoms with E-state index in [1.807, 2.05) is 65.1 Å². The molecule has 1 amide bonds. The molecule has 7 heteroatoms. The predicted octanol–water partition coefficient (Wildman–Crippen LogP) is 2.03. The zero-order valence-electron chi connectivity index (χ0n) is 17.1. The number of ether oxygens (including phenoxy) is 1. The van der Waals surface area contributed by atoms with E-state index in [0.29, 0.717) is 38.0 Å². The first-order valence-corrected chi connectivity index (χ1v) is 10.2. The van der Waals surface area contributed by atoms with Gasteiger partial charge in [0.15, 0.2) is 0 Å². The highest BCUT2D eigenvalue weighted by atomic mass is 16.6. The van der Waals surface area contributed by atoms with Gasteiger partial charge in [-0.1, -0.05) is 12.1 Å². The third kappa shape index (κ3) is 4.19. The topological polar surface area (TPSA) is 67.7 Å². The van der Waals surface area contributed by atoms with Crippen molar-refractivity contribution in [2.24, 2.45) is 5.41 Å². The molecule has 0 bridgehead atoms. The predicted molar refractivity (Wildman–Crippen MR) is 108 cm³/mol. The first-order valence-electron chi connectivity index (χ1n) is 10.2. The first kappa shape index (κ1) is 19.6. The maximum atomic E-state index is 13.0. The number of hydrogen-bond acceptors (Lipinski definition) is 5. The number of carbonyl (C=O) groups is 2. The van der Waals surface area contributed by atoms with Crippen LogP contribution in [0.3, 0.4) is 0 Å². The van der Waals surface area contributed by atoms with Crippen molar-refractivity contribution in [3.8, 4) is 0 Å².